The van der Waals surface area contributed by atoms with Crippen molar-refractivity contribution in [2.24, 2.45) is 5.73 Å². The van der Waals surface area contributed by atoms with Crippen LogP contribution in [0.25, 0.3) is 0 Å². The van der Waals surface area contributed by atoms with E-state index in [-0.39, 0.29) is 5.91 Å². The van der Waals surface area contributed by atoms with E-state index in [0.717, 1.165) is 25.8 Å². The number of carbonyl (C=O) groups is 2. The summed E-state index contributed by atoms with van der Waals surface area (Å²) in [5.41, 5.74) is 5.44. The Morgan fingerprint density at radius 3 is 2.71 bits per heavy atom. The molecule has 4 N–H and O–H groups in total. The summed E-state index contributed by atoms with van der Waals surface area (Å²) in [6.07, 6.45) is 2.86. The van der Waals surface area contributed by atoms with E-state index < -0.39 is 11.4 Å². The number of ether oxygens (including phenoxy) is 1. The SMILES string of the molecule is COc1ccc(C(N)=O)cc1NC(=O)C1(C)CCCCN1. The zero-order valence-corrected chi connectivity index (χ0v) is 12.4. The molecule has 1 aromatic rings. The van der Waals surface area contributed by atoms with Crippen molar-refractivity contribution in [3.8, 4) is 5.75 Å². The van der Waals surface area contributed by atoms with E-state index in [1.54, 1.807) is 12.1 Å². The molecule has 0 aliphatic carbocycles. The molecule has 1 aliphatic heterocycles. The lowest BCUT2D eigenvalue weighted by molar-refractivity contribution is -0.122. The first kappa shape index (κ1) is 15.3. The maximum atomic E-state index is 12.5. The van der Waals surface area contributed by atoms with Gasteiger partial charge < -0.3 is 21.1 Å². The molecule has 2 amide bonds. The van der Waals surface area contributed by atoms with Crippen LogP contribution in [0.15, 0.2) is 18.2 Å². The van der Waals surface area contributed by atoms with E-state index in [0.29, 0.717) is 17.0 Å². The highest BCUT2D eigenvalue weighted by Crippen LogP contribution is 2.28. The number of rotatable bonds is 4. The minimum Gasteiger partial charge on any atom is -0.495 e. The molecule has 0 saturated carbocycles. The van der Waals surface area contributed by atoms with Gasteiger partial charge in [0.1, 0.15) is 5.75 Å². The largest absolute Gasteiger partial charge is 0.495 e. The fourth-order valence-corrected chi connectivity index (χ4v) is 2.47. The summed E-state index contributed by atoms with van der Waals surface area (Å²) in [6, 6.07) is 4.72. The highest BCUT2D eigenvalue weighted by Gasteiger charge is 2.34. The molecule has 1 unspecified atom stereocenters. The highest BCUT2D eigenvalue weighted by atomic mass is 16.5. The molecule has 1 heterocycles. The number of benzene rings is 1. The van der Waals surface area contributed by atoms with Crippen LogP contribution in [-0.4, -0.2) is 31.0 Å². The Morgan fingerprint density at radius 1 is 1.38 bits per heavy atom. The van der Waals surface area contributed by atoms with E-state index in [4.69, 9.17) is 10.5 Å². The van der Waals surface area contributed by atoms with Gasteiger partial charge >= 0.3 is 0 Å². The molecule has 114 valence electrons. The number of amides is 2. The molecule has 6 heteroatoms. The summed E-state index contributed by atoms with van der Waals surface area (Å²) in [6.45, 7) is 2.70. The number of methoxy groups -OCH3 is 1. The topological polar surface area (TPSA) is 93.4 Å². The van der Waals surface area contributed by atoms with Crippen molar-refractivity contribution in [2.75, 3.05) is 19.0 Å². The van der Waals surface area contributed by atoms with Gasteiger partial charge in [-0.05, 0) is 50.9 Å². The summed E-state index contributed by atoms with van der Waals surface area (Å²) in [5, 5.41) is 6.08. The first-order valence-electron chi connectivity index (χ1n) is 7.00. The lowest BCUT2D eigenvalue weighted by Crippen LogP contribution is -2.54. The lowest BCUT2D eigenvalue weighted by atomic mass is 9.90. The Kier molecular flexibility index (Phi) is 4.47. The Balaban J connectivity index is 2.23. The van der Waals surface area contributed by atoms with E-state index in [1.807, 2.05) is 6.92 Å². The molecule has 0 aromatic heterocycles. The van der Waals surface area contributed by atoms with Gasteiger partial charge in [0, 0.05) is 5.56 Å². The molecule has 1 aliphatic rings. The van der Waals surface area contributed by atoms with Gasteiger partial charge in [-0.25, -0.2) is 0 Å². The molecule has 1 saturated heterocycles. The number of nitrogens with two attached hydrogens (primary N) is 1. The maximum absolute atomic E-state index is 12.5. The summed E-state index contributed by atoms with van der Waals surface area (Å²) in [4.78, 5) is 23.8. The summed E-state index contributed by atoms with van der Waals surface area (Å²) < 4.78 is 5.21. The number of piperidine rings is 1. The van der Waals surface area contributed by atoms with Crippen molar-refractivity contribution in [3.05, 3.63) is 23.8 Å². The molecule has 0 spiro atoms. The first-order valence-corrected chi connectivity index (χ1v) is 7.00. The second-order valence-electron chi connectivity index (χ2n) is 5.45. The fraction of sp³-hybridized carbons (Fsp3) is 0.467. The molecule has 0 bridgehead atoms. The molecule has 0 radical (unpaired) electrons. The number of carbonyl (C=O) groups excluding carboxylic acids is 2. The van der Waals surface area contributed by atoms with Crippen LogP contribution >= 0.6 is 0 Å². The van der Waals surface area contributed by atoms with Crippen molar-refractivity contribution in [2.45, 2.75) is 31.7 Å². The number of nitrogens with one attached hydrogen (secondary N) is 2. The van der Waals surface area contributed by atoms with Gasteiger partial charge in [-0.3, -0.25) is 9.59 Å². The van der Waals surface area contributed by atoms with Gasteiger partial charge in [0.15, 0.2) is 0 Å². The Hall–Kier alpha value is -2.08. The van der Waals surface area contributed by atoms with E-state index in [2.05, 4.69) is 10.6 Å². The van der Waals surface area contributed by atoms with Crippen LogP contribution in [-0.2, 0) is 4.79 Å². The molecule has 1 fully saturated rings. The average Bonchev–Trinajstić information content (AvgIpc) is 2.47. The molecule has 2 rings (SSSR count). The van der Waals surface area contributed by atoms with Crippen LogP contribution in [0, 0.1) is 0 Å². The quantitative estimate of drug-likeness (QED) is 0.778. The number of primary amides is 1. The van der Waals surface area contributed by atoms with Gasteiger partial charge in [-0.1, -0.05) is 0 Å². The van der Waals surface area contributed by atoms with Gasteiger partial charge in [0.2, 0.25) is 11.8 Å². The molecule has 1 aromatic carbocycles. The van der Waals surface area contributed by atoms with Crippen LogP contribution < -0.4 is 21.1 Å². The van der Waals surface area contributed by atoms with Gasteiger partial charge in [-0.15, -0.1) is 0 Å². The van der Waals surface area contributed by atoms with E-state index in [9.17, 15) is 9.59 Å². The van der Waals surface area contributed by atoms with Crippen molar-refractivity contribution in [1.29, 1.82) is 0 Å². The lowest BCUT2D eigenvalue weighted by Gasteiger charge is -2.33. The smallest absolute Gasteiger partial charge is 0.248 e. The molecule has 1 atom stereocenters. The predicted octanol–water partition coefficient (Wildman–Crippen LogP) is 1.26. The summed E-state index contributed by atoms with van der Waals surface area (Å²) >= 11 is 0. The van der Waals surface area contributed by atoms with Crippen molar-refractivity contribution < 1.29 is 14.3 Å². The zero-order valence-electron chi connectivity index (χ0n) is 12.4. The summed E-state index contributed by atoms with van der Waals surface area (Å²) in [5.74, 6) is -0.190. The van der Waals surface area contributed by atoms with E-state index >= 15 is 0 Å². The van der Waals surface area contributed by atoms with Crippen molar-refractivity contribution in [1.82, 2.24) is 5.32 Å². The Bertz CT molecular complexity index is 551. The minimum absolute atomic E-state index is 0.137. The fourth-order valence-electron chi connectivity index (χ4n) is 2.47. The molecule has 21 heavy (non-hydrogen) atoms. The molecular formula is C15H21N3O3. The Labute approximate surface area is 124 Å². The third-order valence-corrected chi connectivity index (χ3v) is 3.85. The van der Waals surface area contributed by atoms with Gasteiger partial charge in [0.05, 0.1) is 18.3 Å². The number of hydrogen-bond donors (Lipinski definition) is 3. The van der Waals surface area contributed by atoms with Crippen molar-refractivity contribution >= 4 is 17.5 Å². The normalized spacial score (nSPS) is 21.6. The molecule has 6 nitrogen and oxygen atoms in total. The average molecular weight is 291 g/mol. The van der Waals surface area contributed by atoms with E-state index in [1.165, 1.54) is 13.2 Å². The molecular weight excluding hydrogens is 270 g/mol. The van der Waals surface area contributed by atoms with Gasteiger partial charge in [-0.2, -0.15) is 0 Å². The predicted molar refractivity (Wildman–Crippen MR) is 80.4 cm³/mol. The van der Waals surface area contributed by atoms with Gasteiger partial charge in [0.25, 0.3) is 0 Å². The maximum Gasteiger partial charge on any atom is 0.248 e. The third kappa shape index (κ3) is 3.33. The van der Waals surface area contributed by atoms with Crippen LogP contribution in [0.4, 0.5) is 5.69 Å². The van der Waals surface area contributed by atoms with Crippen LogP contribution in [0.3, 0.4) is 0 Å². The highest BCUT2D eigenvalue weighted by molar-refractivity contribution is 6.01. The van der Waals surface area contributed by atoms with Crippen LogP contribution in [0.2, 0.25) is 0 Å². The summed E-state index contributed by atoms with van der Waals surface area (Å²) in [7, 11) is 1.51. The number of anilines is 1. The number of hydrogen-bond acceptors (Lipinski definition) is 4. The zero-order chi connectivity index (χ0) is 15.5. The third-order valence-electron chi connectivity index (χ3n) is 3.85. The second kappa shape index (κ2) is 6.13. The van der Waals surface area contributed by atoms with Crippen LogP contribution in [0.5, 0.6) is 5.75 Å². The van der Waals surface area contributed by atoms with Crippen LogP contribution in [0.1, 0.15) is 36.5 Å². The standard InChI is InChI=1S/C15H21N3O3/c1-15(7-3-4-8-17-15)14(20)18-11-9-10(13(16)19)5-6-12(11)21-2/h5-6,9,17H,3-4,7-8H2,1-2H3,(H2,16,19)(H,18,20). The second-order valence-corrected chi connectivity index (χ2v) is 5.45. The minimum atomic E-state index is -0.605. The Morgan fingerprint density at radius 2 is 2.14 bits per heavy atom. The van der Waals surface area contributed by atoms with Crippen molar-refractivity contribution in [3.63, 3.8) is 0 Å². The first-order chi connectivity index (χ1) is 9.96. The monoisotopic (exact) mass is 291 g/mol.